The van der Waals surface area contributed by atoms with Gasteiger partial charge in [-0.3, -0.25) is 0 Å². The summed E-state index contributed by atoms with van der Waals surface area (Å²) < 4.78 is 128. The normalized spacial score (nSPS) is 55.7. The zero-order valence-corrected chi connectivity index (χ0v) is 63.0. The third-order valence-corrected chi connectivity index (χ3v) is 23.1. The van der Waals surface area contributed by atoms with E-state index < -0.39 is 397 Å². The van der Waals surface area contributed by atoms with Gasteiger partial charge in [0.15, 0.2) is 69.2 Å². The molecule has 0 radical (unpaired) electrons. The Morgan fingerprint density at radius 3 is 0.529 bits per heavy atom. The molecule has 0 aliphatic carbocycles. The van der Waals surface area contributed by atoms with Gasteiger partial charge in [-0.2, -0.15) is 0 Å². The second-order valence-electron chi connectivity index (χ2n) is 31.0. The molecule has 692 valence electrons. The van der Waals surface area contributed by atoms with Crippen LogP contribution in [-0.2, 0) is 104 Å². The minimum absolute atomic E-state index is 0.814. The SMILES string of the molecule is C[C@@H]1O[C@@H](OC[C@H]2O[C@H](OC[C@H]3O[C@@H]4O[C@H]5[C@H](O)[C@@H](O)[C@@H](O[C@H]6[C@H](O)[C@@H](O)[C@@H](O[C@H]7[C@H](O)[C@@H](O)[C@@H](O[C@H]8[C@H](O)[C@@H](O)[C@@H](O[C@H]9[C@H](O)[C@@H](O)[C@@H](O[C@H]%10[C@H](O)[C@@H](O)[C@@H](O[C@H]3[C@H](O)[C@H]4O)O[C@@H]%10CO)O[C@@H]9CO)O[C@@H]8CO)O[C@@H]7CO[C@H]3O[C@H](CO[C@@H]4O[C@@H](C)[C@@H](O)[C@@H](O)[C@@H]4O)[C@@H](O)[C@H](O)[C@@H]3O)O[C@@H]6CO)O[C@@H]5CO)[C@@H](O)[C@@H](O)[C@@H]2O)[C@@H](O)[C@H](O)[C@@H]1O. The van der Waals surface area contributed by atoms with E-state index in [1.165, 1.54) is 13.8 Å². The van der Waals surface area contributed by atoms with Crippen LogP contribution in [0.15, 0.2) is 0 Å². The summed E-state index contributed by atoms with van der Waals surface area (Å²) in [7, 11) is 0. The van der Waals surface area contributed by atoms with Gasteiger partial charge in [0.25, 0.3) is 0 Å². The van der Waals surface area contributed by atoms with E-state index >= 15 is 0 Å². The first-order chi connectivity index (χ1) is 56.4. The summed E-state index contributed by atoms with van der Waals surface area (Å²) in [6.45, 7) is -7.28. The van der Waals surface area contributed by atoms with Crippen molar-refractivity contribution in [3.8, 4) is 0 Å². The molecule has 25 rings (SSSR count). The molecule has 25 heterocycles. The van der Waals surface area contributed by atoms with Crippen LogP contribution in [0.4, 0.5) is 0 Å². The maximum absolute atomic E-state index is 12.1. The third-order valence-electron chi connectivity index (χ3n) is 23.1. The average Bonchev–Trinajstić information content (AvgIpc) is 0.824. The minimum atomic E-state index is -2.47. The molecule has 53 heteroatoms. The summed E-state index contributed by atoms with van der Waals surface area (Å²) >= 11 is 0. The number of hydrogen-bond acceptors (Lipinski definition) is 53. The van der Waals surface area contributed by atoms with Gasteiger partial charge in [-0.05, 0) is 13.8 Å². The van der Waals surface area contributed by atoms with Crippen LogP contribution in [0.3, 0.4) is 0 Å². The van der Waals surface area contributed by atoms with E-state index in [0.717, 1.165) is 0 Å². The van der Waals surface area contributed by atoms with E-state index in [1.54, 1.807) is 0 Å². The fourth-order valence-corrected chi connectivity index (χ4v) is 15.8. The quantitative estimate of drug-likeness (QED) is 0.0643. The van der Waals surface area contributed by atoms with Crippen molar-refractivity contribution >= 4 is 0 Å². The maximum atomic E-state index is 12.1. The Kier molecular flexibility index (Phi) is 32.8. The van der Waals surface area contributed by atoms with Gasteiger partial charge in [0.1, 0.15) is 256 Å². The van der Waals surface area contributed by atoms with Gasteiger partial charge < -0.3 is 263 Å². The topological polar surface area (TPSA) is 830 Å². The number of hydrogen-bond donors (Lipinski definition) is 31. The first-order valence-corrected chi connectivity index (χ1v) is 38.4. The molecule has 25 fully saturated rings. The third kappa shape index (κ3) is 19.7. The number of ether oxygens (including phenoxy) is 22. The van der Waals surface area contributed by atoms with Gasteiger partial charge in [-0.15, -0.1) is 0 Å². The van der Waals surface area contributed by atoms with Crippen LogP contribution in [-0.4, -0.2) is 556 Å². The fraction of sp³-hybridized carbons (Fsp3) is 1.00. The van der Waals surface area contributed by atoms with Crippen LogP contribution in [0, 0.1) is 0 Å². The highest BCUT2D eigenvalue weighted by molar-refractivity contribution is 5.04. The van der Waals surface area contributed by atoms with Gasteiger partial charge in [0.05, 0.1) is 71.7 Å². The second kappa shape index (κ2) is 40.7. The fourth-order valence-electron chi connectivity index (χ4n) is 15.8. The highest BCUT2D eigenvalue weighted by Gasteiger charge is 2.62. The minimum Gasteiger partial charge on any atom is -0.394 e. The molecule has 55 atom stereocenters. The van der Waals surface area contributed by atoms with E-state index in [1.807, 2.05) is 0 Å². The summed E-state index contributed by atoms with van der Waals surface area (Å²) in [4.78, 5) is 0. The standard InChI is InChI=1S/C66H110O53/c1-12-23(72)27(76)38(87)56(102-12)98-8-19-25(74)29(78)40(89)58(109-19)100-10-21-54-37(86)48(97)66(112-21)117-53-18(7-71)106-62(44(93)33(53)82)115-51-16(5-69)108-64(46(95)35(51)84)119-55-22(11-101-59-41(90)30(79)26(75)20(110-59)9-99-57-39(88)28(77)24(73)13(2)103-57)111-65(47(96)36(55)85)116-52-17(6-70)105-61(43(92)32(52)81)113-49-14(3-67)104-60(42(91)31(49)80)114-50-15(4-68)107-63(118-54)45(94)34(50)83/h12-97H,3-11H2,1-2H3/t12-,13-,14+,15+,16+,17+,18+,19+,20+,21+,22+,23+,24+,25+,26+,27+,28+,29-,30-,31+,32+,33+,34+,35+,36+,37+,38-,39-,40-,41-,42+,43+,44+,45+,46+,47+,48+,49+,50+,51+,52+,53+,54+,55+,56+,57+,58-,59-,60+,61+,62+,63+,64+,65+,66+/m0/s1. The van der Waals surface area contributed by atoms with E-state index in [0.29, 0.717) is 0 Å². The van der Waals surface area contributed by atoms with Gasteiger partial charge in [0, 0.05) is 0 Å². The Balaban J connectivity index is 0.829. The molecule has 0 amide bonds. The second-order valence-corrected chi connectivity index (χ2v) is 31.0. The first kappa shape index (κ1) is 96.0. The van der Waals surface area contributed by atoms with Gasteiger partial charge in [-0.1, -0.05) is 0 Å². The largest absolute Gasteiger partial charge is 0.394 e. The Hall–Kier alpha value is -2.12. The van der Waals surface area contributed by atoms with Crippen molar-refractivity contribution in [3.63, 3.8) is 0 Å². The summed E-state index contributed by atoms with van der Waals surface area (Å²) in [5, 5.41) is 349. The summed E-state index contributed by atoms with van der Waals surface area (Å²) in [5.74, 6) is 0. The number of aliphatic hydroxyl groups is 31. The monoisotopic (exact) mass is 1750 g/mol. The smallest absolute Gasteiger partial charge is 0.187 e. The molecular formula is C66H110O53. The molecule has 0 spiro atoms. The van der Waals surface area contributed by atoms with E-state index in [2.05, 4.69) is 0 Å². The number of aliphatic hydroxyl groups excluding tert-OH is 31. The molecule has 25 aliphatic rings. The van der Waals surface area contributed by atoms with Crippen molar-refractivity contribution < 1.29 is 263 Å². The molecule has 0 aromatic rings. The molecule has 31 N–H and O–H groups in total. The van der Waals surface area contributed by atoms with Gasteiger partial charge >= 0.3 is 0 Å². The Bertz CT molecular complexity index is 3020. The Morgan fingerprint density at radius 1 is 0.160 bits per heavy atom. The lowest BCUT2D eigenvalue weighted by atomic mass is 9.95. The lowest BCUT2D eigenvalue weighted by molar-refractivity contribution is -0.399. The van der Waals surface area contributed by atoms with Crippen molar-refractivity contribution in [1.82, 2.24) is 0 Å². The lowest BCUT2D eigenvalue weighted by Gasteiger charge is -2.50. The van der Waals surface area contributed by atoms with Gasteiger partial charge in [0.2, 0.25) is 0 Å². The van der Waals surface area contributed by atoms with E-state index in [-0.39, 0.29) is 0 Å². The van der Waals surface area contributed by atoms with E-state index in [9.17, 15) is 158 Å². The molecule has 25 aliphatic heterocycles. The summed E-state index contributed by atoms with van der Waals surface area (Å²) in [6, 6.07) is 0. The summed E-state index contributed by atoms with van der Waals surface area (Å²) in [6.07, 6.45) is -115. The zero-order chi connectivity index (χ0) is 86.7. The van der Waals surface area contributed by atoms with Crippen molar-refractivity contribution in [2.75, 3.05) is 59.5 Å². The van der Waals surface area contributed by atoms with Crippen LogP contribution >= 0.6 is 0 Å². The van der Waals surface area contributed by atoms with Crippen LogP contribution in [0.5, 0.6) is 0 Å². The molecule has 0 saturated carbocycles. The van der Waals surface area contributed by atoms with Crippen molar-refractivity contribution in [2.45, 2.75) is 352 Å². The number of rotatable bonds is 17. The Morgan fingerprint density at radius 2 is 0.328 bits per heavy atom. The van der Waals surface area contributed by atoms with Crippen LogP contribution in [0.1, 0.15) is 13.8 Å². The van der Waals surface area contributed by atoms with Crippen molar-refractivity contribution in [1.29, 1.82) is 0 Å². The van der Waals surface area contributed by atoms with Crippen molar-refractivity contribution in [3.05, 3.63) is 0 Å². The average molecular weight is 1750 g/mol. The van der Waals surface area contributed by atoms with E-state index in [4.69, 9.17) is 104 Å². The predicted octanol–water partition coefficient (Wildman–Crippen LogP) is -21.9. The Labute approximate surface area is 672 Å². The highest BCUT2D eigenvalue weighted by atomic mass is 16.8. The maximum Gasteiger partial charge on any atom is 0.187 e. The van der Waals surface area contributed by atoms with Crippen LogP contribution in [0.25, 0.3) is 0 Å². The molecule has 0 aromatic carbocycles. The molecular weight excluding hydrogens is 1640 g/mol. The van der Waals surface area contributed by atoms with Crippen LogP contribution < -0.4 is 0 Å². The molecule has 0 aromatic heterocycles. The summed E-state index contributed by atoms with van der Waals surface area (Å²) in [5.41, 5.74) is 0. The first-order valence-electron chi connectivity index (χ1n) is 38.4. The molecule has 119 heavy (non-hydrogen) atoms. The predicted molar refractivity (Wildman–Crippen MR) is 356 cm³/mol. The molecule has 25 saturated heterocycles. The molecule has 14 bridgehead atoms. The molecule has 53 nitrogen and oxygen atoms in total. The molecule has 0 unspecified atom stereocenters. The van der Waals surface area contributed by atoms with Crippen molar-refractivity contribution in [2.24, 2.45) is 0 Å². The highest BCUT2D eigenvalue weighted by Crippen LogP contribution is 2.41. The van der Waals surface area contributed by atoms with Gasteiger partial charge in [-0.25, -0.2) is 0 Å². The lowest BCUT2D eigenvalue weighted by Crippen LogP contribution is -2.68. The van der Waals surface area contributed by atoms with Crippen LogP contribution in [0.2, 0.25) is 0 Å². The zero-order valence-electron chi connectivity index (χ0n) is 63.0.